The highest BCUT2D eigenvalue weighted by molar-refractivity contribution is 7.98. The van der Waals surface area contributed by atoms with Gasteiger partial charge in [0.1, 0.15) is 48.3 Å². The van der Waals surface area contributed by atoms with Crippen molar-refractivity contribution in [2.75, 3.05) is 37.5 Å². The van der Waals surface area contributed by atoms with Gasteiger partial charge in [0.2, 0.25) is 41.4 Å². The molecule has 0 saturated heterocycles. The number of hydrogen-bond acceptors (Lipinski definition) is 15. The van der Waals surface area contributed by atoms with Crippen molar-refractivity contribution in [2.45, 2.75) is 114 Å². The summed E-state index contributed by atoms with van der Waals surface area (Å²) in [4.78, 5) is 103. The van der Waals surface area contributed by atoms with Crippen molar-refractivity contribution < 1.29 is 58.8 Å². The average Bonchev–Trinajstić information content (AvgIpc) is 3.14. The van der Waals surface area contributed by atoms with Crippen LogP contribution in [0.15, 0.2) is 0 Å². The molecule has 23 heteroatoms. The molecule has 9 atom stereocenters. The molecular formula is C33H61N9O12S2. The highest BCUT2D eigenvalue weighted by Crippen LogP contribution is 2.10. The van der Waals surface area contributed by atoms with E-state index < -0.39 is 115 Å². The molecule has 0 radical (unpaired) electrons. The Morgan fingerprint density at radius 3 is 1.62 bits per heavy atom. The molecule has 0 aliphatic carbocycles. The number of aliphatic hydroxyl groups excluding tert-OH is 3. The molecule has 0 rings (SSSR count). The standard InChI is InChI=1S/C33H61N9O12S2/c1-16(2)12-22(30(50)37-20(8-6-7-10-34)28(48)36-17(3)26(46)41-24(15-55)33(53)54)39-29(49)21(9-11-56-5)38-31(51)23(14-44)40-32(52)25(18(4)45)42-27(47)19(35)13-43/h16-25,43-45,55H,6-15,34-35H2,1-5H3,(H,36,48)(H,37,50)(H,38,51)(H,39,49)(H,40,52)(H,41,46)(H,42,47)(H,53,54)/t17-,18+,19-,20-,21-,22-,23-,24-,25-/m0/s1. The van der Waals surface area contributed by atoms with E-state index in [1.54, 1.807) is 20.1 Å². The van der Waals surface area contributed by atoms with E-state index in [9.17, 15) is 53.7 Å². The third-order valence-corrected chi connectivity index (χ3v) is 9.13. The number of thiol groups is 1. The fourth-order valence-corrected chi connectivity index (χ4v) is 5.57. The number of carboxylic acids is 1. The van der Waals surface area contributed by atoms with Crippen molar-refractivity contribution in [1.29, 1.82) is 0 Å². The first-order valence-electron chi connectivity index (χ1n) is 18.1. The Bertz CT molecular complexity index is 1310. The number of nitrogens with one attached hydrogen (secondary N) is 7. The lowest BCUT2D eigenvalue weighted by atomic mass is 10.0. The minimum Gasteiger partial charge on any atom is -0.480 e. The number of carbonyl (C=O) groups is 8. The number of carboxylic acid groups (broad SMARTS) is 1. The summed E-state index contributed by atoms with van der Waals surface area (Å²) in [7, 11) is 0. The molecule has 0 heterocycles. The summed E-state index contributed by atoms with van der Waals surface area (Å²) in [6.07, 6.45) is 1.42. The Morgan fingerprint density at radius 2 is 1.14 bits per heavy atom. The zero-order valence-electron chi connectivity index (χ0n) is 32.4. The number of aliphatic hydroxyl groups is 3. The Balaban J connectivity index is 6.10. The van der Waals surface area contributed by atoms with E-state index in [0.717, 1.165) is 0 Å². The van der Waals surface area contributed by atoms with Crippen LogP contribution in [0.5, 0.6) is 0 Å². The van der Waals surface area contributed by atoms with Crippen molar-refractivity contribution in [3.8, 4) is 0 Å². The van der Waals surface area contributed by atoms with Gasteiger partial charge in [-0.1, -0.05) is 13.8 Å². The number of rotatable bonds is 28. The maximum atomic E-state index is 13.7. The minimum atomic E-state index is -1.66. The number of unbranched alkanes of at least 4 members (excludes halogenated alkanes) is 1. The maximum Gasteiger partial charge on any atom is 0.327 e. The van der Waals surface area contributed by atoms with Gasteiger partial charge in [-0.2, -0.15) is 24.4 Å². The molecule has 0 aliphatic rings. The van der Waals surface area contributed by atoms with Crippen LogP contribution >= 0.6 is 24.4 Å². The van der Waals surface area contributed by atoms with Gasteiger partial charge in [-0.15, -0.1) is 0 Å². The average molecular weight is 840 g/mol. The highest BCUT2D eigenvalue weighted by Gasteiger charge is 2.34. The molecule has 15 N–H and O–H groups in total. The quantitative estimate of drug-likeness (QED) is 0.0259. The van der Waals surface area contributed by atoms with E-state index in [0.29, 0.717) is 25.1 Å². The summed E-state index contributed by atoms with van der Waals surface area (Å²) in [5.74, 6) is -7.46. The molecule has 0 aromatic heterocycles. The summed E-state index contributed by atoms with van der Waals surface area (Å²) >= 11 is 5.25. The van der Waals surface area contributed by atoms with E-state index in [2.05, 4.69) is 49.8 Å². The normalized spacial score (nSPS) is 16.0. The monoisotopic (exact) mass is 839 g/mol. The topological polar surface area (TPSA) is 354 Å². The molecule has 0 aliphatic heterocycles. The van der Waals surface area contributed by atoms with Gasteiger partial charge in [-0.25, -0.2) is 4.79 Å². The number of carbonyl (C=O) groups excluding carboxylic acids is 7. The van der Waals surface area contributed by atoms with Crippen molar-refractivity contribution in [3.05, 3.63) is 0 Å². The van der Waals surface area contributed by atoms with Gasteiger partial charge >= 0.3 is 5.97 Å². The Kier molecular flexibility index (Phi) is 25.9. The first-order valence-corrected chi connectivity index (χ1v) is 20.1. The lowest BCUT2D eigenvalue weighted by Gasteiger charge is -2.28. The fourth-order valence-electron chi connectivity index (χ4n) is 4.85. The second-order valence-corrected chi connectivity index (χ2v) is 14.8. The largest absolute Gasteiger partial charge is 0.480 e. The van der Waals surface area contributed by atoms with Crippen LogP contribution in [0.25, 0.3) is 0 Å². The van der Waals surface area contributed by atoms with Crippen LogP contribution in [0, 0.1) is 5.92 Å². The second kappa shape index (κ2) is 27.8. The van der Waals surface area contributed by atoms with Crippen LogP contribution in [0.4, 0.5) is 0 Å². The third kappa shape index (κ3) is 19.4. The molecule has 0 aromatic rings. The van der Waals surface area contributed by atoms with E-state index in [-0.39, 0.29) is 30.9 Å². The summed E-state index contributed by atoms with van der Waals surface area (Å²) in [6, 6.07) is -10.9. The summed E-state index contributed by atoms with van der Waals surface area (Å²) in [6.45, 7) is 4.68. The van der Waals surface area contributed by atoms with Crippen molar-refractivity contribution in [3.63, 3.8) is 0 Å². The molecule has 0 bridgehead atoms. The zero-order chi connectivity index (χ0) is 43.1. The van der Waals surface area contributed by atoms with Gasteiger partial charge in [-0.05, 0) is 70.4 Å². The Labute approximate surface area is 336 Å². The van der Waals surface area contributed by atoms with E-state index in [1.165, 1.54) is 25.6 Å². The van der Waals surface area contributed by atoms with Gasteiger partial charge in [0, 0.05) is 5.75 Å². The first-order chi connectivity index (χ1) is 26.3. The number of thioether (sulfide) groups is 1. The van der Waals surface area contributed by atoms with Crippen LogP contribution in [0.2, 0.25) is 0 Å². The second-order valence-electron chi connectivity index (χ2n) is 13.5. The molecule has 56 heavy (non-hydrogen) atoms. The number of aliphatic carboxylic acids is 1. The lowest BCUT2D eigenvalue weighted by Crippen LogP contribution is -2.62. The van der Waals surface area contributed by atoms with Crippen LogP contribution in [0.1, 0.15) is 59.8 Å². The smallest absolute Gasteiger partial charge is 0.327 e. The van der Waals surface area contributed by atoms with E-state index >= 15 is 0 Å². The summed E-state index contributed by atoms with van der Waals surface area (Å²) in [5, 5.41) is 55.2. The van der Waals surface area contributed by atoms with Gasteiger partial charge in [-0.3, -0.25) is 33.6 Å². The van der Waals surface area contributed by atoms with Crippen LogP contribution in [-0.4, -0.2) is 160 Å². The summed E-state index contributed by atoms with van der Waals surface area (Å²) < 4.78 is 0. The number of nitrogens with two attached hydrogens (primary N) is 2. The van der Waals surface area contributed by atoms with Crippen LogP contribution < -0.4 is 48.7 Å². The van der Waals surface area contributed by atoms with Gasteiger partial charge in [0.25, 0.3) is 0 Å². The van der Waals surface area contributed by atoms with E-state index in [4.69, 9.17) is 16.6 Å². The number of amides is 7. The predicted octanol–water partition coefficient (Wildman–Crippen LogP) is -4.96. The third-order valence-electron chi connectivity index (χ3n) is 8.12. The minimum absolute atomic E-state index is 0.0479. The molecule has 322 valence electrons. The van der Waals surface area contributed by atoms with Crippen molar-refractivity contribution >= 4 is 71.7 Å². The van der Waals surface area contributed by atoms with Gasteiger partial charge in [0.05, 0.1) is 19.3 Å². The van der Waals surface area contributed by atoms with Crippen LogP contribution in [0.3, 0.4) is 0 Å². The van der Waals surface area contributed by atoms with Gasteiger partial charge in [0.15, 0.2) is 0 Å². The zero-order valence-corrected chi connectivity index (χ0v) is 34.1. The van der Waals surface area contributed by atoms with E-state index in [1.807, 2.05) is 0 Å². The maximum absolute atomic E-state index is 13.7. The first kappa shape index (κ1) is 52.3. The Hall–Kier alpha value is -3.74. The van der Waals surface area contributed by atoms with Crippen molar-refractivity contribution in [2.24, 2.45) is 17.4 Å². The molecule has 21 nitrogen and oxygen atoms in total. The molecule has 7 amide bonds. The molecule has 0 aromatic carbocycles. The predicted molar refractivity (Wildman–Crippen MR) is 210 cm³/mol. The molecule has 0 fully saturated rings. The summed E-state index contributed by atoms with van der Waals surface area (Å²) in [5.41, 5.74) is 11.1. The Morgan fingerprint density at radius 1 is 0.643 bits per heavy atom. The molecule has 0 spiro atoms. The highest BCUT2D eigenvalue weighted by atomic mass is 32.2. The molecule has 0 saturated carbocycles. The number of hydrogen-bond donors (Lipinski definition) is 14. The molecular weight excluding hydrogens is 779 g/mol. The molecule has 0 unspecified atom stereocenters. The van der Waals surface area contributed by atoms with Gasteiger partial charge < -0.3 is 69.1 Å². The van der Waals surface area contributed by atoms with Crippen molar-refractivity contribution in [1.82, 2.24) is 37.2 Å². The lowest BCUT2D eigenvalue weighted by molar-refractivity contribution is -0.141. The SMILES string of the molecule is CSCC[C@H](NC(=O)[C@H](CO)NC(=O)[C@@H](NC(=O)[C@@H](N)CO)[C@@H](C)O)C(=O)N[C@@H](CC(C)C)C(=O)N[C@@H](CCCCN)C(=O)N[C@@H](C)C(=O)N[C@@H](CS)C(=O)O. The fraction of sp³-hybridized carbons (Fsp3) is 0.758. The van der Waals surface area contributed by atoms with Crippen LogP contribution in [-0.2, 0) is 38.4 Å².